The van der Waals surface area contributed by atoms with Gasteiger partial charge in [0.1, 0.15) is 0 Å². The highest BCUT2D eigenvalue weighted by atomic mass is 16.5. The summed E-state index contributed by atoms with van der Waals surface area (Å²) < 4.78 is 4.88. The molecule has 0 aromatic heterocycles. The van der Waals surface area contributed by atoms with Crippen molar-refractivity contribution in [2.45, 2.75) is 20.3 Å². The molecule has 1 aromatic rings. The third-order valence-electron chi connectivity index (χ3n) is 2.46. The Balaban J connectivity index is 2.47. The molecule has 0 spiro atoms. The van der Waals surface area contributed by atoms with Crippen LogP contribution in [0.4, 0.5) is 5.69 Å². The lowest BCUT2D eigenvalue weighted by atomic mass is 10.2. The molecule has 19 heavy (non-hydrogen) atoms. The second-order valence-electron chi connectivity index (χ2n) is 3.95. The SMILES string of the molecule is CCNCCC(=O)Nc1ccc(C(=O)OCC)cc1. The van der Waals surface area contributed by atoms with Crippen LogP contribution in [0.3, 0.4) is 0 Å². The highest BCUT2D eigenvalue weighted by Crippen LogP contribution is 2.10. The van der Waals surface area contributed by atoms with Crippen LogP contribution in [-0.4, -0.2) is 31.6 Å². The summed E-state index contributed by atoms with van der Waals surface area (Å²) in [7, 11) is 0. The van der Waals surface area contributed by atoms with Crippen LogP contribution in [0.5, 0.6) is 0 Å². The number of carbonyl (C=O) groups is 2. The first kappa shape index (κ1) is 15.2. The predicted molar refractivity (Wildman–Crippen MR) is 74.2 cm³/mol. The minimum Gasteiger partial charge on any atom is -0.462 e. The molecule has 0 unspecified atom stereocenters. The Hall–Kier alpha value is -1.88. The maximum Gasteiger partial charge on any atom is 0.338 e. The number of carbonyl (C=O) groups excluding carboxylic acids is 2. The third-order valence-corrected chi connectivity index (χ3v) is 2.46. The van der Waals surface area contributed by atoms with Crippen LogP contribution in [0.1, 0.15) is 30.6 Å². The zero-order valence-corrected chi connectivity index (χ0v) is 11.4. The molecule has 2 N–H and O–H groups in total. The van der Waals surface area contributed by atoms with E-state index in [4.69, 9.17) is 4.74 Å². The van der Waals surface area contributed by atoms with Crippen LogP contribution >= 0.6 is 0 Å². The van der Waals surface area contributed by atoms with E-state index in [0.29, 0.717) is 30.8 Å². The topological polar surface area (TPSA) is 67.4 Å². The van der Waals surface area contributed by atoms with E-state index >= 15 is 0 Å². The molecule has 1 rings (SSSR count). The summed E-state index contributed by atoms with van der Waals surface area (Å²) in [5.74, 6) is -0.405. The van der Waals surface area contributed by atoms with Gasteiger partial charge in [-0.2, -0.15) is 0 Å². The number of amides is 1. The fourth-order valence-corrected chi connectivity index (χ4v) is 1.51. The molecule has 0 radical (unpaired) electrons. The summed E-state index contributed by atoms with van der Waals surface area (Å²) in [4.78, 5) is 23.0. The minimum atomic E-state index is -0.354. The molecule has 1 aromatic carbocycles. The number of esters is 1. The van der Waals surface area contributed by atoms with Crippen LogP contribution in [-0.2, 0) is 9.53 Å². The van der Waals surface area contributed by atoms with Gasteiger partial charge in [0.05, 0.1) is 12.2 Å². The van der Waals surface area contributed by atoms with Gasteiger partial charge in [-0.15, -0.1) is 0 Å². The summed E-state index contributed by atoms with van der Waals surface area (Å²) in [6.07, 6.45) is 0.424. The monoisotopic (exact) mass is 264 g/mol. The molecule has 5 heteroatoms. The van der Waals surface area contributed by atoms with Crippen molar-refractivity contribution in [3.8, 4) is 0 Å². The normalized spacial score (nSPS) is 10.0. The van der Waals surface area contributed by atoms with Crippen molar-refractivity contribution in [2.75, 3.05) is 25.0 Å². The van der Waals surface area contributed by atoms with Crippen LogP contribution in [0, 0.1) is 0 Å². The molecule has 0 saturated heterocycles. The standard InChI is InChI=1S/C14H20N2O3/c1-3-15-10-9-13(17)16-12-7-5-11(6-8-12)14(18)19-4-2/h5-8,15H,3-4,9-10H2,1-2H3,(H,16,17). The highest BCUT2D eigenvalue weighted by Gasteiger charge is 2.06. The van der Waals surface area contributed by atoms with Gasteiger partial charge in [-0.1, -0.05) is 6.92 Å². The predicted octanol–water partition coefficient (Wildman–Crippen LogP) is 1.80. The number of nitrogens with one attached hydrogen (secondary N) is 2. The molecule has 0 bridgehead atoms. The van der Waals surface area contributed by atoms with Gasteiger partial charge in [-0.3, -0.25) is 4.79 Å². The molecule has 0 aliphatic heterocycles. The van der Waals surface area contributed by atoms with E-state index in [-0.39, 0.29) is 11.9 Å². The van der Waals surface area contributed by atoms with E-state index in [1.165, 1.54) is 0 Å². The number of benzene rings is 1. The zero-order chi connectivity index (χ0) is 14.1. The molecule has 0 saturated carbocycles. The third kappa shape index (κ3) is 5.52. The molecule has 0 heterocycles. The van der Waals surface area contributed by atoms with Gasteiger partial charge in [0.25, 0.3) is 0 Å². The van der Waals surface area contributed by atoms with Crippen molar-refractivity contribution in [2.24, 2.45) is 0 Å². The minimum absolute atomic E-state index is 0.0511. The van der Waals surface area contributed by atoms with Crippen LogP contribution in [0.15, 0.2) is 24.3 Å². The van der Waals surface area contributed by atoms with E-state index < -0.39 is 0 Å². The van der Waals surface area contributed by atoms with E-state index in [1.54, 1.807) is 31.2 Å². The van der Waals surface area contributed by atoms with E-state index in [0.717, 1.165) is 6.54 Å². The summed E-state index contributed by atoms with van der Waals surface area (Å²) in [6.45, 7) is 5.61. The average molecular weight is 264 g/mol. The first-order chi connectivity index (χ1) is 9.17. The Morgan fingerprint density at radius 3 is 2.42 bits per heavy atom. The van der Waals surface area contributed by atoms with Gasteiger partial charge in [-0.25, -0.2) is 4.79 Å². The van der Waals surface area contributed by atoms with Gasteiger partial charge in [0.2, 0.25) is 5.91 Å². The fourth-order valence-electron chi connectivity index (χ4n) is 1.51. The first-order valence-electron chi connectivity index (χ1n) is 6.45. The molecule has 0 atom stereocenters. The number of rotatable bonds is 7. The van der Waals surface area contributed by atoms with Gasteiger partial charge < -0.3 is 15.4 Å². The Kier molecular flexibility index (Phi) is 6.60. The van der Waals surface area contributed by atoms with Crippen LogP contribution in [0.25, 0.3) is 0 Å². The fraction of sp³-hybridized carbons (Fsp3) is 0.429. The molecule has 0 aliphatic carbocycles. The number of hydrogen-bond acceptors (Lipinski definition) is 4. The molecule has 0 fully saturated rings. The Bertz CT molecular complexity index is 415. The second-order valence-corrected chi connectivity index (χ2v) is 3.95. The van der Waals surface area contributed by atoms with Crippen molar-refractivity contribution in [3.63, 3.8) is 0 Å². The van der Waals surface area contributed by atoms with E-state index in [2.05, 4.69) is 10.6 Å². The van der Waals surface area contributed by atoms with Crippen LogP contribution in [0.2, 0.25) is 0 Å². The van der Waals surface area contributed by atoms with Crippen LogP contribution < -0.4 is 10.6 Å². The van der Waals surface area contributed by atoms with Crippen molar-refractivity contribution in [3.05, 3.63) is 29.8 Å². The lowest BCUT2D eigenvalue weighted by Gasteiger charge is -2.06. The maximum absolute atomic E-state index is 11.6. The Morgan fingerprint density at radius 2 is 1.84 bits per heavy atom. The summed E-state index contributed by atoms with van der Waals surface area (Å²) >= 11 is 0. The Labute approximate surface area is 113 Å². The first-order valence-corrected chi connectivity index (χ1v) is 6.45. The lowest BCUT2D eigenvalue weighted by molar-refractivity contribution is -0.116. The molecule has 5 nitrogen and oxygen atoms in total. The van der Waals surface area contributed by atoms with Crippen molar-refractivity contribution < 1.29 is 14.3 Å². The van der Waals surface area contributed by atoms with E-state index in [9.17, 15) is 9.59 Å². The molecule has 104 valence electrons. The summed E-state index contributed by atoms with van der Waals surface area (Å²) in [5, 5.41) is 5.85. The molecule has 0 aliphatic rings. The van der Waals surface area contributed by atoms with Crippen molar-refractivity contribution >= 4 is 17.6 Å². The van der Waals surface area contributed by atoms with Gasteiger partial charge in [-0.05, 0) is 37.7 Å². The quantitative estimate of drug-likeness (QED) is 0.582. The smallest absolute Gasteiger partial charge is 0.338 e. The molecular formula is C14H20N2O3. The average Bonchev–Trinajstić information content (AvgIpc) is 2.40. The molecule has 1 amide bonds. The van der Waals surface area contributed by atoms with Gasteiger partial charge >= 0.3 is 5.97 Å². The number of hydrogen-bond donors (Lipinski definition) is 2. The highest BCUT2D eigenvalue weighted by molar-refractivity contribution is 5.93. The van der Waals surface area contributed by atoms with Crippen molar-refractivity contribution in [1.82, 2.24) is 5.32 Å². The summed E-state index contributed by atoms with van der Waals surface area (Å²) in [6, 6.07) is 6.66. The van der Waals surface area contributed by atoms with E-state index in [1.807, 2.05) is 6.92 Å². The van der Waals surface area contributed by atoms with Crippen molar-refractivity contribution in [1.29, 1.82) is 0 Å². The summed E-state index contributed by atoms with van der Waals surface area (Å²) in [5.41, 5.74) is 1.15. The molecular weight excluding hydrogens is 244 g/mol. The zero-order valence-electron chi connectivity index (χ0n) is 11.4. The van der Waals surface area contributed by atoms with Gasteiger partial charge in [0, 0.05) is 18.7 Å². The maximum atomic E-state index is 11.6. The number of anilines is 1. The lowest BCUT2D eigenvalue weighted by Crippen LogP contribution is -2.21. The van der Waals surface area contributed by atoms with Gasteiger partial charge in [0.15, 0.2) is 0 Å². The largest absolute Gasteiger partial charge is 0.462 e. The Morgan fingerprint density at radius 1 is 1.16 bits per heavy atom. The number of ether oxygens (including phenoxy) is 1. The second kappa shape index (κ2) is 8.26.